The number of thiophene rings is 1. The first kappa shape index (κ1) is 20.1. The topological polar surface area (TPSA) is 102 Å². The van der Waals surface area contributed by atoms with Gasteiger partial charge in [0.2, 0.25) is 11.8 Å². The number of amides is 2. The molecule has 8 nitrogen and oxygen atoms in total. The number of ether oxygens (including phenoxy) is 1. The average molecular weight is 380 g/mol. The summed E-state index contributed by atoms with van der Waals surface area (Å²) in [6.07, 6.45) is 2.26. The van der Waals surface area contributed by atoms with E-state index in [1.807, 2.05) is 13.8 Å². The predicted octanol–water partition coefficient (Wildman–Crippen LogP) is 0.734. The molecule has 0 fully saturated rings. The minimum Gasteiger partial charge on any atom is -0.383 e. The van der Waals surface area contributed by atoms with Gasteiger partial charge in [-0.15, -0.1) is 11.3 Å². The summed E-state index contributed by atoms with van der Waals surface area (Å²) in [4.78, 5) is 42.1. The van der Waals surface area contributed by atoms with E-state index in [0.717, 1.165) is 10.4 Å². The van der Waals surface area contributed by atoms with E-state index < -0.39 is 0 Å². The van der Waals surface area contributed by atoms with Crippen molar-refractivity contribution in [3.05, 3.63) is 27.1 Å². The van der Waals surface area contributed by atoms with E-state index in [9.17, 15) is 14.4 Å². The molecule has 0 saturated carbocycles. The number of carbonyl (C=O) groups is 2. The summed E-state index contributed by atoms with van der Waals surface area (Å²) in [7, 11) is 1.57. The van der Waals surface area contributed by atoms with Gasteiger partial charge >= 0.3 is 0 Å². The Labute approximate surface area is 155 Å². The molecule has 0 bridgehead atoms. The van der Waals surface area contributed by atoms with Gasteiger partial charge in [-0.05, 0) is 25.8 Å². The summed E-state index contributed by atoms with van der Waals surface area (Å²) in [5.41, 5.74) is 0.710. The Bertz CT molecular complexity index is 843. The van der Waals surface area contributed by atoms with Gasteiger partial charge in [0.25, 0.3) is 5.56 Å². The summed E-state index contributed by atoms with van der Waals surface area (Å²) in [6.45, 7) is 5.07. The van der Waals surface area contributed by atoms with Gasteiger partial charge in [0.15, 0.2) is 0 Å². The number of fused-ring (bicyclic) bond motifs is 1. The SMILES string of the molecule is COCCNC(=O)CCCNC(=O)Cn1cnc2sc(C)c(C)c2c1=O. The largest absolute Gasteiger partial charge is 0.383 e. The van der Waals surface area contributed by atoms with Crippen LogP contribution in [0.3, 0.4) is 0 Å². The van der Waals surface area contributed by atoms with Crippen LogP contribution in [0.2, 0.25) is 0 Å². The molecular weight excluding hydrogens is 356 g/mol. The van der Waals surface area contributed by atoms with E-state index in [4.69, 9.17) is 4.74 Å². The molecule has 2 aromatic rings. The first-order chi connectivity index (χ1) is 12.4. The minimum atomic E-state index is -0.280. The molecule has 0 aliphatic carbocycles. The van der Waals surface area contributed by atoms with Gasteiger partial charge < -0.3 is 15.4 Å². The van der Waals surface area contributed by atoms with Crippen molar-refractivity contribution in [1.82, 2.24) is 20.2 Å². The van der Waals surface area contributed by atoms with Crippen molar-refractivity contribution in [2.24, 2.45) is 0 Å². The minimum absolute atomic E-state index is 0.0783. The first-order valence-electron chi connectivity index (χ1n) is 8.41. The maximum atomic E-state index is 12.5. The number of rotatable bonds is 9. The van der Waals surface area contributed by atoms with Crippen LogP contribution in [-0.2, 0) is 20.9 Å². The van der Waals surface area contributed by atoms with Gasteiger partial charge in [-0.25, -0.2) is 4.98 Å². The van der Waals surface area contributed by atoms with Crippen molar-refractivity contribution in [1.29, 1.82) is 0 Å². The lowest BCUT2D eigenvalue weighted by atomic mass is 10.2. The lowest BCUT2D eigenvalue weighted by molar-refractivity contribution is -0.123. The van der Waals surface area contributed by atoms with Crippen LogP contribution in [0.4, 0.5) is 0 Å². The standard InChI is InChI=1S/C17H24N4O4S/c1-11-12(2)26-16-15(11)17(24)21(10-20-16)9-14(23)18-6-4-5-13(22)19-7-8-25-3/h10H,4-9H2,1-3H3,(H,18,23)(H,19,22). The molecule has 9 heteroatoms. The van der Waals surface area contributed by atoms with Crippen LogP contribution in [0.25, 0.3) is 10.2 Å². The monoisotopic (exact) mass is 380 g/mol. The van der Waals surface area contributed by atoms with Gasteiger partial charge in [-0.2, -0.15) is 0 Å². The van der Waals surface area contributed by atoms with E-state index in [1.165, 1.54) is 22.2 Å². The highest BCUT2D eigenvalue weighted by molar-refractivity contribution is 7.18. The van der Waals surface area contributed by atoms with Crippen molar-refractivity contribution in [3.63, 3.8) is 0 Å². The predicted molar refractivity (Wildman–Crippen MR) is 100 cm³/mol. The van der Waals surface area contributed by atoms with Crippen molar-refractivity contribution >= 4 is 33.4 Å². The normalized spacial score (nSPS) is 10.9. The molecule has 2 N–H and O–H groups in total. The third-order valence-corrected chi connectivity index (χ3v) is 5.12. The quantitative estimate of drug-likeness (QED) is 0.625. The molecule has 2 amide bonds. The average Bonchev–Trinajstić information content (AvgIpc) is 2.89. The number of hydrogen-bond acceptors (Lipinski definition) is 6. The van der Waals surface area contributed by atoms with Crippen molar-refractivity contribution < 1.29 is 14.3 Å². The molecule has 0 atom stereocenters. The third-order valence-electron chi connectivity index (χ3n) is 4.00. The zero-order valence-corrected chi connectivity index (χ0v) is 16.1. The molecule has 0 aliphatic heterocycles. The van der Waals surface area contributed by atoms with E-state index in [2.05, 4.69) is 15.6 Å². The molecule has 0 saturated heterocycles. The van der Waals surface area contributed by atoms with Crippen LogP contribution in [0, 0.1) is 13.8 Å². The Morgan fingerprint density at radius 2 is 1.96 bits per heavy atom. The van der Waals surface area contributed by atoms with Crippen molar-refractivity contribution in [2.45, 2.75) is 33.2 Å². The number of aryl methyl sites for hydroxylation is 2. The lowest BCUT2D eigenvalue weighted by Gasteiger charge is -2.08. The Morgan fingerprint density at radius 3 is 2.69 bits per heavy atom. The summed E-state index contributed by atoms with van der Waals surface area (Å²) in [6, 6.07) is 0. The molecule has 0 aromatic carbocycles. The molecule has 2 rings (SSSR count). The summed E-state index contributed by atoms with van der Waals surface area (Å²) in [5.74, 6) is -0.358. The molecule has 2 heterocycles. The van der Waals surface area contributed by atoms with Gasteiger partial charge in [0.05, 0.1) is 18.3 Å². The van der Waals surface area contributed by atoms with Crippen LogP contribution >= 0.6 is 11.3 Å². The summed E-state index contributed by atoms with van der Waals surface area (Å²) >= 11 is 1.48. The van der Waals surface area contributed by atoms with Gasteiger partial charge in [-0.3, -0.25) is 19.0 Å². The van der Waals surface area contributed by atoms with Crippen molar-refractivity contribution in [3.8, 4) is 0 Å². The molecule has 0 radical (unpaired) electrons. The molecule has 0 unspecified atom stereocenters. The second-order valence-corrected chi connectivity index (χ2v) is 7.14. The Hall–Kier alpha value is -2.26. The maximum Gasteiger partial charge on any atom is 0.262 e. The Morgan fingerprint density at radius 1 is 1.23 bits per heavy atom. The highest BCUT2D eigenvalue weighted by Gasteiger charge is 2.13. The molecule has 0 spiro atoms. The van der Waals surface area contributed by atoms with E-state index in [0.29, 0.717) is 42.8 Å². The third kappa shape index (κ3) is 5.12. The molecule has 26 heavy (non-hydrogen) atoms. The van der Waals surface area contributed by atoms with Gasteiger partial charge in [0, 0.05) is 31.5 Å². The van der Waals surface area contributed by atoms with E-state index in [1.54, 1.807) is 7.11 Å². The molecule has 142 valence electrons. The number of methoxy groups -OCH3 is 1. The van der Waals surface area contributed by atoms with Crippen LogP contribution in [0.5, 0.6) is 0 Å². The van der Waals surface area contributed by atoms with Crippen LogP contribution in [0.15, 0.2) is 11.1 Å². The smallest absolute Gasteiger partial charge is 0.262 e. The number of aromatic nitrogens is 2. The summed E-state index contributed by atoms with van der Waals surface area (Å²) < 4.78 is 6.16. The number of nitrogens with one attached hydrogen (secondary N) is 2. The molecule has 2 aromatic heterocycles. The van der Waals surface area contributed by atoms with Crippen molar-refractivity contribution in [2.75, 3.05) is 26.8 Å². The Balaban J connectivity index is 1.82. The summed E-state index contributed by atoms with van der Waals surface area (Å²) in [5, 5.41) is 6.01. The number of hydrogen-bond donors (Lipinski definition) is 2. The Kier molecular flexibility index (Phi) is 7.28. The van der Waals surface area contributed by atoms with Crippen LogP contribution in [0.1, 0.15) is 23.3 Å². The first-order valence-corrected chi connectivity index (χ1v) is 9.23. The van der Waals surface area contributed by atoms with E-state index >= 15 is 0 Å². The molecule has 0 aliphatic rings. The second-order valence-electron chi connectivity index (χ2n) is 5.94. The van der Waals surface area contributed by atoms with Crippen LogP contribution < -0.4 is 16.2 Å². The van der Waals surface area contributed by atoms with Gasteiger partial charge in [0.1, 0.15) is 11.4 Å². The fourth-order valence-corrected chi connectivity index (χ4v) is 3.44. The fourth-order valence-electron chi connectivity index (χ4n) is 2.45. The van der Waals surface area contributed by atoms with Gasteiger partial charge in [-0.1, -0.05) is 0 Å². The van der Waals surface area contributed by atoms with Crippen LogP contribution in [-0.4, -0.2) is 48.2 Å². The number of nitrogens with zero attached hydrogens (tertiary/aromatic N) is 2. The second kappa shape index (κ2) is 9.44. The highest BCUT2D eigenvalue weighted by Crippen LogP contribution is 2.25. The molecular formula is C17H24N4O4S. The fraction of sp³-hybridized carbons (Fsp3) is 0.529. The van der Waals surface area contributed by atoms with E-state index in [-0.39, 0.29) is 23.9 Å². The lowest BCUT2D eigenvalue weighted by Crippen LogP contribution is -2.33. The zero-order chi connectivity index (χ0) is 19.1. The number of carbonyl (C=O) groups excluding carboxylic acids is 2. The highest BCUT2D eigenvalue weighted by atomic mass is 32.1. The maximum absolute atomic E-state index is 12.5. The zero-order valence-electron chi connectivity index (χ0n) is 15.3.